The molecule has 0 saturated heterocycles. The average Bonchev–Trinajstić information content (AvgIpc) is 3.35. The van der Waals surface area contributed by atoms with Crippen molar-refractivity contribution in [1.29, 1.82) is 0 Å². The van der Waals surface area contributed by atoms with E-state index in [1.54, 1.807) is 48.7 Å². The van der Waals surface area contributed by atoms with E-state index < -0.39 is 49.3 Å². The van der Waals surface area contributed by atoms with Gasteiger partial charge in [0, 0.05) is 5.92 Å². The molecule has 5 N–H and O–H groups in total. The number of hydrogen-bond donors (Lipinski definition) is 4. The lowest BCUT2D eigenvalue weighted by molar-refractivity contribution is -0.149. The summed E-state index contributed by atoms with van der Waals surface area (Å²) in [6, 6.07) is 6.67. The third kappa shape index (κ3) is 5.92. The molecule has 7 atom stereocenters. The van der Waals surface area contributed by atoms with E-state index in [-0.39, 0.29) is 24.3 Å². The molecule has 2 aromatic heterocycles. The van der Waals surface area contributed by atoms with Gasteiger partial charge in [-0.05, 0) is 45.7 Å². The molecule has 212 valence electrons. The lowest BCUT2D eigenvalue weighted by Crippen LogP contribution is -2.43. The van der Waals surface area contributed by atoms with Gasteiger partial charge in [0.05, 0.1) is 31.2 Å². The zero-order valence-corrected chi connectivity index (χ0v) is 23.4. The minimum Gasteiger partial charge on any atom is -0.462 e. The second kappa shape index (κ2) is 11.2. The lowest BCUT2D eigenvalue weighted by atomic mass is 9.94. The summed E-state index contributed by atoms with van der Waals surface area (Å²) in [5.74, 6) is -1.27. The molecule has 3 aromatic rings. The number of nitrogens with one attached hydrogen (secondary N) is 1. The van der Waals surface area contributed by atoms with Crippen molar-refractivity contribution in [1.82, 2.24) is 24.6 Å². The maximum Gasteiger partial charge on any atom is 0.459 e. The first-order valence-corrected chi connectivity index (χ1v) is 14.2. The van der Waals surface area contributed by atoms with E-state index in [9.17, 15) is 19.6 Å². The van der Waals surface area contributed by atoms with Gasteiger partial charge in [0.2, 0.25) is 0 Å². The molecule has 39 heavy (non-hydrogen) atoms. The van der Waals surface area contributed by atoms with E-state index >= 15 is 0 Å². The van der Waals surface area contributed by atoms with Crippen LogP contribution in [0.15, 0.2) is 43.0 Å². The first-order valence-electron chi connectivity index (χ1n) is 12.6. The average molecular weight is 563 g/mol. The van der Waals surface area contributed by atoms with Crippen molar-refractivity contribution in [3.63, 3.8) is 0 Å². The first-order chi connectivity index (χ1) is 18.3. The Kier molecular flexibility index (Phi) is 8.29. The molecule has 0 amide bonds. The monoisotopic (exact) mass is 562 g/mol. The molecule has 2 heterocycles. The largest absolute Gasteiger partial charge is 0.462 e. The van der Waals surface area contributed by atoms with Gasteiger partial charge in [0.25, 0.3) is 0 Å². The van der Waals surface area contributed by atoms with Crippen molar-refractivity contribution < 1.29 is 33.4 Å². The van der Waals surface area contributed by atoms with Gasteiger partial charge in [-0.2, -0.15) is 5.09 Å². The predicted octanol–water partition coefficient (Wildman–Crippen LogP) is 2.46. The highest BCUT2D eigenvalue weighted by atomic mass is 31.2. The molecule has 4 rings (SSSR count). The SMILES string of the molecule is CC(C)OC(=O)[C@H](C)N[P@](=O)(OC[C@H]1[C@H](C)[C@@H](n2cnc3c(N)ncnc32)[C@](C)(O)[C@@H]1O)Oc1ccccc1. The van der Waals surface area contributed by atoms with Crippen LogP contribution >= 0.6 is 7.75 Å². The van der Waals surface area contributed by atoms with Crippen LogP contribution in [0.1, 0.15) is 40.7 Å². The van der Waals surface area contributed by atoms with Crippen LogP contribution in [0.25, 0.3) is 11.2 Å². The van der Waals surface area contributed by atoms with E-state index in [0.717, 1.165) is 0 Å². The number of nitrogens with zero attached hydrogens (tertiary/aromatic N) is 4. The van der Waals surface area contributed by atoms with Gasteiger partial charge in [-0.25, -0.2) is 19.5 Å². The molecule has 1 aliphatic carbocycles. The summed E-state index contributed by atoms with van der Waals surface area (Å²) < 4.78 is 32.3. The van der Waals surface area contributed by atoms with Crippen molar-refractivity contribution in [2.45, 2.75) is 64.5 Å². The number of hydrogen-bond acceptors (Lipinski definition) is 11. The van der Waals surface area contributed by atoms with Gasteiger partial charge < -0.3 is 29.8 Å². The maximum absolute atomic E-state index is 13.9. The molecule has 1 fully saturated rings. The van der Waals surface area contributed by atoms with Gasteiger partial charge in [0.1, 0.15) is 29.2 Å². The Balaban J connectivity index is 1.58. The number of nitrogen functional groups attached to an aromatic ring is 1. The van der Waals surface area contributed by atoms with Gasteiger partial charge in [0.15, 0.2) is 11.5 Å². The molecule has 0 radical (unpaired) electrons. The molecule has 0 unspecified atom stereocenters. The maximum atomic E-state index is 13.9. The van der Waals surface area contributed by atoms with Crippen LogP contribution in [0.5, 0.6) is 5.75 Å². The fourth-order valence-corrected chi connectivity index (χ4v) is 6.56. The summed E-state index contributed by atoms with van der Waals surface area (Å²) >= 11 is 0. The fraction of sp³-hybridized carbons (Fsp3) is 0.520. The van der Waals surface area contributed by atoms with Crippen LogP contribution in [-0.2, 0) is 18.6 Å². The summed E-state index contributed by atoms with van der Waals surface area (Å²) in [5, 5.41) is 25.3. The Bertz CT molecular complexity index is 1350. The summed E-state index contributed by atoms with van der Waals surface area (Å²) in [6.45, 7) is 7.98. The molecule has 13 nitrogen and oxygen atoms in total. The van der Waals surface area contributed by atoms with E-state index in [1.807, 2.05) is 6.92 Å². The molecule has 0 aliphatic heterocycles. The van der Waals surface area contributed by atoms with Crippen molar-refractivity contribution in [2.24, 2.45) is 11.8 Å². The second-order valence-electron chi connectivity index (χ2n) is 10.3. The van der Waals surface area contributed by atoms with Gasteiger partial charge in [-0.3, -0.25) is 9.32 Å². The van der Waals surface area contributed by atoms with Crippen LogP contribution in [0.2, 0.25) is 0 Å². The minimum atomic E-state index is -4.17. The third-order valence-corrected chi connectivity index (χ3v) is 8.57. The molecule has 1 saturated carbocycles. The molecule has 0 spiro atoms. The normalized spacial score (nSPS) is 27.4. The highest BCUT2D eigenvalue weighted by Crippen LogP contribution is 2.51. The van der Waals surface area contributed by atoms with Crippen molar-refractivity contribution in [2.75, 3.05) is 12.3 Å². The molecule has 1 aliphatic rings. The Morgan fingerprint density at radius 3 is 2.59 bits per heavy atom. The predicted molar refractivity (Wildman–Crippen MR) is 143 cm³/mol. The standard InChI is InChI=1S/C25H35N6O7P/c1-14(2)37-24(33)16(4)30-39(35,38-17-9-7-6-8-10-17)36-11-18-15(3)20(25(5,34)21(18)32)31-13-29-19-22(26)27-12-28-23(19)31/h6-10,12-16,18,20-21,32,34H,11H2,1-5H3,(H,30,35)(H2,26,27,28)/t15-,16-,18-,20+,21+,25-,39-/m0/s1. The lowest BCUT2D eigenvalue weighted by Gasteiger charge is -2.31. The number of para-hydroxylation sites is 1. The number of fused-ring (bicyclic) bond motifs is 1. The zero-order chi connectivity index (χ0) is 28.5. The van der Waals surface area contributed by atoms with E-state index in [1.165, 1.54) is 26.5 Å². The van der Waals surface area contributed by atoms with Crippen molar-refractivity contribution in [3.05, 3.63) is 43.0 Å². The zero-order valence-electron chi connectivity index (χ0n) is 22.5. The quantitative estimate of drug-likeness (QED) is 0.209. The summed E-state index contributed by atoms with van der Waals surface area (Å²) in [4.78, 5) is 24.9. The number of imidazole rings is 1. The Morgan fingerprint density at radius 1 is 1.23 bits per heavy atom. The Morgan fingerprint density at radius 2 is 1.92 bits per heavy atom. The number of carbonyl (C=O) groups is 1. The smallest absolute Gasteiger partial charge is 0.459 e. The van der Waals surface area contributed by atoms with Gasteiger partial charge in [-0.15, -0.1) is 0 Å². The van der Waals surface area contributed by atoms with E-state index in [4.69, 9.17) is 19.5 Å². The number of rotatable bonds is 10. The van der Waals surface area contributed by atoms with Crippen LogP contribution < -0.4 is 15.3 Å². The second-order valence-corrected chi connectivity index (χ2v) is 11.9. The highest BCUT2D eigenvalue weighted by Gasteiger charge is 2.57. The Hall–Kier alpha value is -3.09. The topological polar surface area (TPSA) is 184 Å². The number of esters is 1. The molecule has 14 heteroatoms. The van der Waals surface area contributed by atoms with Gasteiger partial charge >= 0.3 is 13.7 Å². The molecular formula is C25H35N6O7P. The van der Waals surface area contributed by atoms with Crippen LogP contribution in [0, 0.1) is 11.8 Å². The summed E-state index contributed by atoms with van der Waals surface area (Å²) in [7, 11) is -4.17. The Labute approximate surface area is 226 Å². The van der Waals surface area contributed by atoms with Crippen LogP contribution in [0.4, 0.5) is 5.82 Å². The highest BCUT2D eigenvalue weighted by molar-refractivity contribution is 7.52. The van der Waals surface area contributed by atoms with Crippen molar-refractivity contribution >= 4 is 30.7 Å². The van der Waals surface area contributed by atoms with E-state index in [0.29, 0.717) is 11.2 Å². The third-order valence-electron chi connectivity index (χ3n) is 6.93. The number of carbonyl (C=O) groups excluding carboxylic acids is 1. The fourth-order valence-electron chi connectivity index (χ4n) is 5.03. The number of aliphatic hydroxyl groups excluding tert-OH is 1. The summed E-state index contributed by atoms with van der Waals surface area (Å²) in [6.07, 6.45) is 1.15. The van der Waals surface area contributed by atoms with Crippen molar-refractivity contribution in [3.8, 4) is 5.75 Å². The molecular weight excluding hydrogens is 527 g/mol. The minimum absolute atomic E-state index is 0.194. The van der Waals surface area contributed by atoms with Gasteiger partial charge in [-0.1, -0.05) is 25.1 Å². The number of aliphatic hydroxyl groups is 2. The van der Waals surface area contributed by atoms with E-state index in [2.05, 4.69) is 20.0 Å². The number of aromatic nitrogens is 4. The molecule has 1 aromatic carbocycles. The number of nitrogens with two attached hydrogens (primary N) is 1. The first kappa shape index (κ1) is 28.9. The number of benzene rings is 1. The summed E-state index contributed by atoms with van der Waals surface area (Å²) in [5.41, 5.74) is 5.08. The number of anilines is 1. The van der Waals surface area contributed by atoms with Crippen LogP contribution in [-0.4, -0.2) is 66.2 Å². The number of ether oxygens (including phenoxy) is 1. The van der Waals surface area contributed by atoms with Crippen LogP contribution in [0.3, 0.4) is 0 Å². The molecule has 0 bridgehead atoms.